The van der Waals surface area contributed by atoms with Crippen LogP contribution in [0.5, 0.6) is 0 Å². The molecule has 0 aliphatic heterocycles. The Kier molecular flexibility index (Phi) is 19.9. The molecule has 0 heterocycles. The van der Waals surface area contributed by atoms with E-state index in [0.717, 1.165) is 35.6 Å². The Morgan fingerprint density at radius 2 is 0.548 bits per heavy atom. The molecule has 1 atom stereocenters. The number of benzene rings is 10. The predicted octanol–water partition coefficient (Wildman–Crippen LogP) is 23.8. The summed E-state index contributed by atoms with van der Waals surface area (Å²) in [5, 5.41) is 0. The highest BCUT2D eigenvalue weighted by Crippen LogP contribution is 2.49. The number of rotatable bonds is 17. The van der Waals surface area contributed by atoms with Crippen molar-refractivity contribution in [2.24, 2.45) is 0 Å². The third-order valence-electron chi connectivity index (χ3n) is 16.9. The SMILES string of the molecule is CCC(C)c1ccc(N(c2ccc(C)cc2)c2ccc(C)cc2)cc1.CCCCc1ccc(N(c2ccc(C)cc2)c2ccc(N(c3ccc(C)cc3)c3ccc(CCCC)cc3)cc2)cc1.Cc1ccc2c(c1)C(C)(C)c1cc(C)ccc1-2. The van der Waals surface area contributed by atoms with E-state index in [1.165, 1.54) is 133 Å². The van der Waals surface area contributed by atoms with Crippen LogP contribution in [0.1, 0.15) is 141 Å². The third-order valence-corrected chi connectivity index (χ3v) is 16.9. The van der Waals surface area contributed by atoms with E-state index in [-0.39, 0.29) is 5.41 Å². The molecule has 3 heteroatoms. The molecular weight excluding hydrogens is 1010 g/mol. The van der Waals surface area contributed by atoms with E-state index >= 15 is 0 Å². The average molecular weight is 1100 g/mol. The van der Waals surface area contributed by atoms with E-state index in [0.29, 0.717) is 5.92 Å². The molecule has 0 saturated heterocycles. The van der Waals surface area contributed by atoms with Crippen LogP contribution in [0.3, 0.4) is 0 Å². The number of unbranched alkanes of at least 4 members (excludes halogenated alkanes) is 2. The standard InChI is InChI=1S/C40H44N2.C24H27N.C17H18/c1-5-7-9-33-15-23-37(24-16-33)41(35-19-11-31(3)12-20-35)39-27-29-40(30-28-39)42(36-21-13-32(4)14-22-36)38-25-17-34(18-26-38)10-8-6-2;1-5-20(4)21-10-16-24(17-11-21)25(22-12-6-18(2)7-13-22)23-14-8-19(3)9-15-23;1-11-5-7-13-14-8-6-12(2)10-16(14)17(3,4)15(13)9-11/h11-30H,5-10H2,1-4H3;6-17,20H,5H2,1-4H3;5-10H,1-4H3. The molecule has 0 fully saturated rings. The van der Waals surface area contributed by atoms with Gasteiger partial charge in [0.25, 0.3) is 0 Å². The summed E-state index contributed by atoms with van der Waals surface area (Å²) >= 11 is 0. The normalized spacial score (nSPS) is 12.2. The zero-order valence-electron chi connectivity index (χ0n) is 52.3. The third kappa shape index (κ3) is 14.5. The molecule has 10 aromatic rings. The topological polar surface area (TPSA) is 9.72 Å². The summed E-state index contributed by atoms with van der Waals surface area (Å²) in [5.41, 5.74) is 28.4. The highest BCUT2D eigenvalue weighted by Gasteiger charge is 2.35. The lowest BCUT2D eigenvalue weighted by Gasteiger charge is -2.28. The van der Waals surface area contributed by atoms with Crippen LogP contribution < -0.4 is 14.7 Å². The van der Waals surface area contributed by atoms with E-state index < -0.39 is 0 Å². The molecule has 10 aromatic carbocycles. The molecule has 0 amide bonds. The second kappa shape index (κ2) is 27.8. The second-order valence-electron chi connectivity index (χ2n) is 24.0. The molecule has 0 saturated carbocycles. The quantitative estimate of drug-likeness (QED) is 0.0900. The van der Waals surface area contributed by atoms with Crippen LogP contribution in [0.4, 0.5) is 51.2 Å². The minimum atomic E-state index is 0.142. The molecule has 0 aromatic heterocycles. The summed E-state index contributed by atoms with van der Waals surface area (Å²) in [6.45, 7) is 26.6. The highest BCUT2D eigenvalue weighted by atomic mass is 15.2. The Morgan fingerprint density at radius 3 is 0.810 bits per heavy atom. The fourth-order valence-corrected chi connectivity index (χ4v) is 11.4. The van der Waals surface area contributed by atoms with Crippen LogP contribution in [-0.2, 0) is 18.3 Å². The van der Waals surface area contributed by atoms with Crippen LogP contribution in [0.2, 0.25) is 0 Å². The first-order valence-corrected chi connectivity index (χ1v) is 30.9. The smallest absolute Gasteiger partial charge is 0.0463 e. The van der Waals surface area contributed by atoms with Gasteiger partial charge in [-0.05, 0) is 228 Å². The zero-order valence-corrected chi connectivity index (χ0v) is 52.3. The Labute approximate surface area is 505 Å². The molecule has 428 valence electrons. The van der Waals surface area contributed by atoms with Crippen molar-refractivity contribution >= 4 is 51.2 Å². The molecule has 84 heavy (non-hydrogen) atoms. The number of aryl methyl sites for hydroxylation is 8. The van der Waals surface area contributed by atoms with Gasteiger partial charge in [0.2, 0.25) is 0 Å². The fraction of sp³-hybridized carbons (Fsp3) is 0.259. The molecule has 1 aliphatic rings. The Balaban J connectivity index is 0.000000169. The van der Waals surface area contributed by atoms with E-state index in [2.05, 4.69) is 328 Å². The van der Waals surface area contributed by atoms with Gasteiger partial charge in [0.15, 0.2) is 0 Å². The maximum atomic E-state index is 2.35. The van der Waals surface area contributed by atoms with Crippen molar-refractivity contribution < 1.29 is 0 Å². The summed E-state index contributed by atoms with van der Waals surface area (Å²) in [7, 11) is 0. The van der Waals surface area contributed by atoms with E-state index in [1.54, 1.807) is 0 Å². The van der Waals surface area contributed by atoms with E-state index in [9.17, 15) is 0 Å². The summed E-state index contributed by atoms with van der Waals surface area (Å²) in [6.07, 6.45) is 8.30. The monoisotopic (exact) mass is 1100 g/mol. The Hall–Kier alpha value is -8.40. The van der Waals surface area contributed by atoms with Crippen LogP contribution in [-0.4, -0.2) is 0 Å². The lowest BCUT2D eigenvalue weighted by molar-refractivity contribution is 0.659. The van der Waals surface area contributed by atoms with E-state index in [4.69, 9.17) is 0 Å². The first-order valence-electron chi connectivity index (χ1n) is 30.9. The maximum absolute atomic E-state index is 2.35. The Bertz CT molecular complexity index is 3450. The van der Waals surface area contributed by atoms with Gasteiger partial charge < -0.3 is 14.7 Å². The molecular formula is C81H89N3. The first-order chi connectivity index (χ1) is 40.6. The lowest BCUT2D eigenvalue weighted by Crippen LogP contribution is -2.15. The molecule has 3 nitrogen and oxygen atoms in total. The second-order valence-corrected chi connectivity index (χ2v) is 24.0. The molecule has 11 rings (SSSR count). The summed E-state index contributed by atoms with van der Waals surface area (Å²) in [5.74, 6) is 0.598. The summed E-state index contributed by atoms with van der Waals surface area (Å²) < 4.78 is 0. The van der Waals surface area contributed by atoms with Crippen molar-refractivity contribution in [3.63, 3.8) is 0 Å². The predicted molar refractivity (Wildman–Crippen MR) is 365 cm³/mol. The zero-order chi connectivity index (χ0) is 59.3. The van der Waals surface area contributed by atoms with Crippen LogP contribution in [0.15, 0.2) is 231 Å². The number of nitrogens with zero attached hydrogens (tertiary/aromatic N) is 3. The van der Waals surface area contributed by atoms with Crippen LogP contribution in [0.25, 0.3) is 11.1 Å². The highest BCUT2D eigenvalue weighted by molar-refractivity contribution is 5.83. The largest absolute Gasteiger partial charge is 0.311 e. The maximum Gasteiger partial charge on any atom is 0.0463 e. The number of hydrogen-bond acceptors (Lipinski definition) is 3. The molecule has 1 aliphatic carbocycles. The first kappa shape index (κ1) is 60.2. The minimum absolute atomic E-state index is 0.142. The van der Waals surface area contributed by atoms with Crippen molar-refractivity contribution in [3.05, 3.63) is 292 Å². The van der Waals surface area contributed by atoms with Gasteiger partial charge in [-0.15, -0.1) is 0 Å². The van der Waals surface area contributed by atoms with Gasteiger partial charge in [-0.25, -0.2) is 0 Å². The molecule has 0 bridgehead atoms. The molecule has 0 radical (unpaired) electrons. The van der Waals surface area contributed by atoms with Gasteiger partial charge in [0, 0.05) is 56.6 Å². The number of fused-ring (bicyclic) bond motifs is 3. The van der Waals surface area contributed by atoms with Gasteiger partial charge in [-0.3, -0.25) is 0 Å². The summed E-state index contributed by atoms with van der Waals surface area (Å²) in [6, 6.07) is 84.9. The summed E-state index contributed by atoms with van der Waals surface area (Å²) in [4.78, 5) is 7.02. The number of anilines is 9. The van der Waals surface area contributed by atoms with Crippen molar-refractivity contribution in [1.29, 1.82) is 0 Å². The number of hydrogen-bond donors (Lipinski definition) is 0. The van der Waals surface area contributed by atoms with Crippen LogP contribution >= 0.6 is 0 Å². The molecule has 0 spiro atoms. The Morgan fingerprint density at radius 1 is 0.310 bits per heavy atom. The van der Waals surface area contributed by atoms with Gasteiger partial charge >= 0.3 is 0 Å². The van der Waals surface area contributed by atoms with Gasteiger partial charge in [0.1, 0.15) is 0 Å². The van der Waals surface area contributed by atoms with Crippen molar-refractivity contribution in [2.75, 3.05) is 14.7 Å². The van der Waals surface area contributed by atoms with E-state index in [1.807, 2.05) is 0 Å². The molecule has 1 unspecified atom stereocenters. The average Bonchev–Trinajstić information content (AvgIpc) is 3.94. The van der Waals surface area contributed by atoms with Crippen molar-refractivity contribution in [1.82, 2.24) is 0 Å². The fourth-order valence-electron chi connectivity index (χ4n) is 11.4. The minimum Gasteiger partial charge on any atom is -0.311 e. The van der Waals surface area contributed by atoms with Crippen molar-refractivity contribution in [3.8, 4) is 11.1 Å². The van der Waals surface area contributed by atoms with Gasteiger partial charge in [0.05, 0.1) is 0 Å². The van der Waals surface area contributed by atoms with Gasteiger partial charge in [-0.2, -0.15) is 0 Å². The van der Waals surface area contributed by atoms with Crippen LogP contribution in [0, 0.1) is 41.5 Å². The lowest BCUT2D eigenvalue weighted by atomic mass is 9.81. The molecule has 0 N–H and O–H groups in total. The van der Waals surface area contributed by atoms with Crippen molar-refractivity contribution in [2.45, 2.75) is 139 Å². The van der Waals surface area contributed by atoms with Gasteiger partial charge in [-0.1, -0.05) is 209 Å².